The van der Waals surface area contributed by atoms with E-state index in [1.54, 1.807) is 0 Å². The molecule has 0 saturated heterocycles. The first-order valence-corrected chi connectivity index (χ1v) is 8.60. The van der Waals surface area contributed by atoms with Crippen LogP contribution in [0.2, 0.25) is 0 Å². The first-order chi connectivity index (χ1) is 10.1. The molecule has 21 heavy (non-hydrogen) atoms. The number of hydrogen-bond donors (Lipinski definition) is 2. The Balaban J connectivity index is 1.94. The van der Waals surface area contributed by atoms with Gasteiger partial charge >= 0.3 is 5.97 Å². The molecule has 2 aliphatic rings. The number of aliphatic carboxylic acids is 1. The van der Waals surface area contributed by atoms with Crippen molar-refractivity contribution in [3.63, 3.8) is 0 Å². The second-order valence-electron chi connectivity index (χ2n) is 6.95. The van der Waals surface area contributed by atoms with Gasteiger partial charge in [-0.05, 0) is 31.6 Å². The molecule has 0 bridgehead atoms. The molecule has 2 aliphatic carbocycles. The fraction of sp³-hybridized carbons (Fsp3) is 0.882. The minimum Gasteiger partial charge on any atom is -0.481 e. The molecular weight excluding hydrogens is 266 g/mol. The molecule has 1 amide bonds. The van der Waals surface area contributed by atoms with Gasteiger partial charge in [0.25, 0.3) is 0 Å². The van der Waals surface area contributed by atoms with Crippen molar-refractivity contribution in [1.82, 2.24) is 5.32 Å². The topological polar surface area (TPSA) is 66.4 Å². The minimum absolute atomic E-state index is 0.0512. The van der Waals surface area contributed by atoms with E-state index in [0.29, 0.717) is 18.8 Å². The van der Waals surface area contributed by atoms with E-state index in [4.69, 9.17) is 0 Å². The minimum atomic E-state index is -0.807. The van der Waals surface area contributed by atoms with E-state index in [1.807, 2.05) is 0 Å². The molecule has 0 heterocycles. The Morgan fingerprint density at radius 2 is 1.76 bits per heavy atom. The number of amides is 1. The summed E-state index contributed by atoms with van der Waals surface area (Å²) in [6.45, 7) is 2.18. The second kappa shape index (κ2) is 7.28. The van der Waals surface area contributed by atoms with Gasteiger partial charge in [0.15, 0.2) is 0 Å². The molecule has 4 nitrogen and oxygen atoms in total. The van der Waals surface area contributed by atoms with E-state index in [2.05, 4.69) is 12.2 Å². The number of rotatable bonds is 5. The Morgan fingerprint density at radius 3 is 2.38 bits per heavy atom. The first kappa shape index (κ1) is 16.3. The van der Waals surface area contributed by atoms with Crippen LogP contribution in [0, 0.1) is 11.3 Å². The molecule has 0 aromatic rings. The lowest BCUT2D eigenvalue weighted by molar-refractivity contribution is -0.154. The summed E-state index contributed by atoms with van der Waals surface area (Å²) in [5.74, 6) is -0.271. The van der Waals surface area contributed by atoms with E-state index in [-0.39, 0.29) is 18.4 Å². The fourth-order valence-corrected chi connectivity index (χ4v) is 4.15. The third-order valence-electron chi connectivity index (χ3n) is 5.54. The zero-order valence-corrected chi connectivity index (χ0v) is 13.2. The van der Waals surface area contributed by atoms with Crippen molar-refractivity contribution in [1.29, 1.82) is 0 Å². The van der Waals surface area contributed by atoms with E-state index in [9.17, 15) is 14.7 Å². The van der Waals surface area contributed by atoms with Gasteiger partial charge in [-0.1, -0.05) is 45.4 Å². The van der Waals surface area contributed by atoms with Crippen LogP contribution in [0.4, 0.5) is 0 Å². The molecular formula is C17H29NO3. The first-order valence-electron chi connectivity index (χ1n) is 8.60. The molecule has 2 fully saturated rings. The van der Waals surface area contributed by atoms with Crippen LogP contribution in [0.5, 0.6) is 0 Å². The van der Waals surface area contributed by atoms with Crippen LogP contribution in [-0.4, -0.2) is 23.0 Å². The smallest absolute Gasteiger partial charge is 0.310 e. The Bertz CT molecular complexity index is 374. The molecule has 2 saturated carbocycles. The van der Waals surface area contributed by atoms with E-state index in [1.165, 1.54) is 19.3 Å². The molecule has 0 aliphatic heterocycles. The van der Waals surface area contributed by atoms with Crippen LogP contribution in [0.15, 0.2) is 0 Å². The molecule has 0 spiro atoms. The Kier molecular flexibility index (Phi) is 5.65. The summed E-state index contributed by atoms with van der Waals surface area (Å²) in [6.07, 6.45) is 10.2. The van der Waals surface area contributed by atoms with Gasteiger partial charge in [0.05, 0.1) is 5.41 Å². The van der Waals surface area contributed by atoms with Crippen LogP contribution in [-0.2, 0) is 9.59 Å². The molecule has 2 rings (SSSR count). The largest absolute Gasteiger partial charge is 0.481 e. The van der Waals surface area contributed by atoms with Gasteiger partial charge in [-0.2, -0.15) is 0 Å². The van der Waals surface area contributed by atoms with E-state index in [0.717, 1.165) is 32.1 Å². The molecule has 0 aromatic heterocycles. The summed E-state index contributed by atoms with van der Waals surface area (Å²) >= 11 is 0. The second-order valence-corrected chi connectivity index (χ2v) is 6.95. The Hall–Kier alpha value is -1.06. The zero-order chi connectivity index (χ0) is 15.3. The fourth-order valence-electron chi connectivity index (χ4n) is 4.15. The molecule has 120 valence electrons. The predicted molar refractivity (Wildman–Crippen MR) is 82.0 cm³/mol. The lowest BCUT2D eigenvalue weighted by Crippen LogP contribution is -2.45. The SMILES string of the molecule is CCC1CCCCC1NC(=O)CC1(C(=O)O)CCCCC1. The molecule has 4 heteroatoms. The maximum absolute atomic E-state index is 12.4. The van der Waals surface area contributed by atoms with Crippen molar-refractivity contribution in [2.75, 3.05) is 0 Å². The maximum atomic E-state index is 12.4. The number of hydrogen-bond acceptors (Lipinski definition) is 2. The third-order valence-corrected chi connectivity index (χ3v) is 5.54. The van der Waals surface area contributed by atoms with Crippen molar-refractivity contribution < 1.29 is 14.7 Å². The van der Waals surface area contributed by atoms with Crippen LogP contribution in [0.3, 0.4) is 0 Å². The summed E-state index contributed by atoms with van der Waals surface area (Å²) in [6, 6.07) is 0.255. The molecule has 2 N–H and O–H groups in total. The Labute approximate surface area is 127 Å². The standard InChI is InChI=1S/C17H29NO3/c1-2-13-8-4-5-9-14(13)18-15(19)12-17(16(20)21)10-6-3-7-11-17/h13-14H,2-12H2,1H3,(H,18,19)(H,20,21). The highest BCUT2D eigenvalue weighted by Gasteiger charge is 2.41. The van der Waals surface area contributed by atoms with Gasteiger partial charge in [0.1, 0.15) is 0 Å². The number of carboxylic acid groups (broad SMARTS) is 1. The number of carbonyl (C=O) groups excluding carboxylic acids is 1. The van der Waals surface area contributed by atoms with Crippen molar-refractivity contribution in [3.05, 3.63) is 0 Å². The lowest BCUT2D eigenvalue weighted by Gasteiger charge is -2.35. The summed E-state index contributed by atoms with van der Waals surface area (Å²) in [5, 5.41) is 12.7. The quantitative estimate of drug-likeness (QED) is 0.816. The zero-order valence-electron chi connectivity index (χ0n) is 13.2. The van der Waals surface area contributed by atoms with Gasteiger partial charge in [-0.25, -0.2) is 0 Å². The van der Waals surface area contributed by atoms with Crippen LogP contribution in [0.1, 0.15) is 77.6 Å². The van der Waals surface area contributed by atoms with Crippen LogP contribution >= 0.6 is 0 Å². The van der Waals surface area contributed by atoms with Crippen molar-refractivity contribution in [2.24, 2.45) is 11.3 Å². The van der Waals surface area contributed by atoms with Gasteiger partial charge in [0, 0.05) is 12.5 Å². The summed E-state index contributed by atoms with van der Waals surface area (Å²) in [5.41, 5.74) is -0.807. The van der Waals surface area contributed by atoms with Gasteiger partial charge < -0.3 is 10.4 Å². The van der Waals surface area contributed by atoms with Gasteiger partial charge in [-0.15, -0.1) is 0 Å². The molecule has 2 unspecified atom stereocenters. The van der Waals surface area contributed by atoms with E-state index < -0.39 is 11.4 Å². The number of nitrogens with one attached hydrogen (secondary N) is 1. The molecule has 0 radical (unpaired) electrons. The monoisotopic (exact) mass is 295 g/mol. The van der Waals surface area contributed by atoms with Crippen LogP contribution in [0.25, 0.3) is 0 Å². The highest BCUT2D eigenvalue weighted by atomic mass is 16.4. The predicted octanol–water partition coefficient (Wildman–Crippen LogP) is 3.50. The van der Waals surface area contributed by atoms with Crippen molar-refractivity contribution >= 4 is 11.9 Å². The summed E-state index contributed by atoms with van der Waals surface area (Å²) in [7, 11) is 0. The highest BCUT2D eigenvalue weighted by Crippen LogP contribution is 2.39. The summed E-state index contributed by atoms with van der Waals surface area (Å²) in [4.78, 5) is 24.0. The lowest BCUT2D eigenvalue weighted by atomic mass is 9.71. The van der Waals surface area contributed by atoms with Crippen molar-refractivity contribution in [2.45, 2.75) is 83.6 Å². The molecule has 2 atom stereocenters. The van der Waals surface area contributed by atoms with Crippen LogP contribution < -0.4 is 5.32 Å². The number of carbonyl (C=O) groups is 2. The highest BCUT2D eigenvalue weighted by molar-refractivity contribution is 5.85. The average molecular weight is 295 g/mol. The Morgan fingerprint density at radius 1 is 1.10 bits per heavy atom. The number of carboxylic acids is 1. The average Bonchev–Trinajstić information content (AvgIpc) is 2.48. The summed E-state index contributed by atoms with van der Waals surface area (Å²) < 4.78 is 0. The van der Waals surface area contributed by atoms with Gasteiger partial charge in [0.2, 0.25) is 5.91 Å². The van der Waals surface area contributed by atoms with Gasteiger partial charge in [-0.3, -0.25) is 9.59 Å². The third kappa shape index (κ3) is 3.98. The van der Waals surface area contributed by atoms with E-state index >= 15 is 0 Å². The molecule has 0 aromatic carbocycles. The normalized spacial score (nSPS) is 28.8. The van der Waals surface area contributed by atoms with Crippen molar-refractivity contribution in [3.8, 4) is 0 Å². The maximum Gasteiger partial charge on any atom is 0.310 e.